The molecule has 7 nitrogen and oxygen atoms in total. The summed E-state index contributed by atoms with van der Waals surface area (Å²) in [6.07, 6.45) is 3.30. The zero-order valence-corrected chi connectivity index (χ0v) is 16.8. The van der Waals surface area contributed by atoms with Crippen LogP contribution in [0.25, 0.3) is 0 Å². The van der Waals surface area contributed by atoms with Gasteiger partial charge in [-0.05, 0) is 42.3 Å². The van der Waals surface area contributed by atoms with Crippen molar-refractivity contribution in [2.24, 2.45) is 0 Å². The first kappa shape index (κ1) is 19.8. The first-order valence-electron chi connectivity index (χ1n) is 8.44. The first-order valence-corrected chi connectivity index (χ1v) is 11.8. The summed E-state index contributed by atoms with van der Waals surface area (Å²) >= 11 is 0. The third kappa shape index (κ3) is 4.31. The SMILES string of the molecule is COc1ccc(S(=O)(=O)[C@H]2CS(=O)(=O)C[C@@H]2NCc2cccnc2)cc1C. The summed E-state index contributed by atoms with van der Waals surface area (Å²) < 4.78 is 55.8. The third-order valence-electron chi connectivity index (χ3n) is 4.69. The Morgan fingerprint density at radius 1 is 1.26 bits per heavy atom. The summed E-state index contributed by atoms with van der Waals surface area (Å²) in [5, 5.41) is 2.06. The van der Waals surface area contributed by atoms with Crippen LogP contribution in [0.2, 0.25) is 0 Å². The number of nitrogens with zero attached hydrogens (tertiary/aromatic N) is 1. The number of hydrogen-bond donors (Lipinski definition) is 1. The van der Waals surface area contributed by atoms with E-state index in [4.69, 9.17) is 4.74 Å². The van der Waals surface area contributed by atoms with Crippen LogP contribution in [0.15, 0.2) is 47.6 Å². The number of ether oxygens (including phenoxy) is 1. The van der Waals surface area contributed by atoms with Crippen LogP contribution in [0, 0.1) is 6.92 Å². The maximum absolute atomic E-state index is 13.1. The molecule has 0 amide bonds. The van der Waals surface area contributed by atoms with Gasteiger partial charge in [0.2, 0.25) is 0 Å². The fraction of sp³-hybridized carbons (Fsp3) is 0.389. The molecule has 2 atom stereocenters. The van der Waals surface area contributed by atoms with E-state index in [1.54, 1.807) is 31.5 Å². The first-order chi connectivity index (χ1) is 12.7. The lowest BCUT2D eigenvalue weighted by Gasteiger charge is -2.20. The maximum atomic E-state index is 13.1. The molecule has 0 unspecified atom stereocenters. The molecule has 0 bridgehead atoms. The number of benzene rings is 1. The van der Waals surface area contributed by atoms with E-state index in [0.29, 0.717) is 17.9 Å². The zero-order valence-electron chi connectivity index (χ0n) is 15.1. The van der Waals surface area contributed by atoms with Gasteiger partial charge in [0.1, 0.15) is 5.75 Å². The Kier molecular flexibility index (Phi) is 5.55. The van der Waals surface area contributed by atoms with E-state index in [-0.39, 0.29) is 16.4 Å². The lowest BCUT2D eigenvalue weighted by molar-refractivity contribution is 0.411. The minimum atomic E-state index is -3.82. The monoisotopic (exact) mass is 410 g/mol. The number of nitrogens with one attached hydrogen (secondary N) is 1. The minimum absolute atomic E-state index is 0.107. The fourth-order valence-corrected chi connectivity index (χ4v) is 8.07. The van der Waals surface area contributed by atoms with E-state index < -0.39 is 31.0 Å². The molecular weight excluding hydrogens is 388 g/mol. The molecule has 1 N–H and O–H groups in total. The lowest BCUT2D eigenvalue weighted by atomic mass is 10.2. The topological polar surface area (TPSA) is 102 Å². The van der Waals surface area contributed by atoms with Gasteiger partial charge >= 0.3 is 0 Å². The average molecular weight is 411 g/mol. The Morgan fingerprint density at radius 3 is 2.67 bits per heavy atom. The highest BCUT2D eigenvalue weighted by Gasteiger charge is 2.45. The van der Waals surface area contributed by atoms with Gasteiger partial charge < -0.3 is 10.1 Å². The molecule has 1 aliphatic heterocycles. The van der Waals surface area contributed by atoms with E-state index in [1.165, 1.54) is 19.2 Å². The van der Waals surface area contributed by atoms with Crippen LogP contribution >= 0.6 is 0 Å². The molecule has 0 aliphatic carbocycles. The molecular formula is C18H22N2O5S2. The normalized spacial score (nSPS) is 21.9. The second-order valence-electron chi connectivity index (χ2n) is 6.64. The van der Waals surface area contributed by atoms with Crippen LogP contribution in [0.3, 0.4) is 0 Å². The van der Waals surface area contributed by atoms with Crippen molar-refractivity contribution in [3.8, 4) is 5.75 Å². The van der Waals surface area contributed by atoms with Crippen molar-refractivity contribution < 1.29 is 21.6 Å². The largest absolute Gasteiger partial charge is 0.496 e. The molecule has 0 radical (unpaired) electrons. The van der Waals surface area contributed by atoms with Gasteiger partial charge in [0.25, 0.3) is 0 Å². The third-order valence-corrected chi connectivity index (χ3v) is 8.83. The van der Waals surface area contributed by atoms with Gasteiger partial charge in [0, 0.05) is 25.0 Å². The van der Waals surface area contributed by atoms with Crippen molar-refractivity contribution in [1.29, 1.82) is 0 Å². The molecule has 27 heavy (non-hydrogen) atoms. The van der Waals surface area contributed by atoms with Crippen molar-refractivity contribution in [2.45, 2.75) is 29.7 Å². The molecule has 1 aromatic heterocycles. The smallest absolute Gasteiger partial charge is 0.183 e. The average Bonchev–Trinajstić information content (AvgIpc) is 2.96. The summed E-state index contributed by atoms with van der Waals surface area (Å²) in [4.78, 5) is 4.12. The minimum Gasteiger partial charge on any atom is -0.496 e. The lowest BCUT2D eigenvalue weighted by Crippen LogP contribution is -2.43. The zero-order chi connectivity index (χ0) is 19.7. The predicted molar refractivity (Wildman–Crippen MR) is 102 cm³/mol. The number of rotatable bonds is 6. The highest BCUT2D eigenvalue weighted by molar-refractivity contribution is 7.96. The van der Waals surface area contributed by atoms with Crippen LogP contribution in [0.4, 0.5) is 0 Å². The number of sulfone groups is 2. The van der Waals surface area contributed by atoms with Gasteiger partial charge in [-0.15, -0.1) is 0 Å². The van der Waals surface area contributed by atoms with Crippen molar-refractivity contribution in [3.63, 3.8) is 0 Å². The van der Waals surface area contributed by atoms with E-state index in [1.807, 2.05) is 6.07 Å². The fourth-order valence-electron chi connectivity index (χ4n) is 3.27. The number of aromatic nitrogens is 1. The Morgan fingerprint density at radius 2 is 2.04 bits per heavy atom. The molecule has 2 aromatic rings. The highest BCUT2D eigenvalue weighted by Crippen LogP contribution is 2.29. The Bertz CT molecular complexity index is 1020. The molecule has 1 fully saturated rings. The second kappa shape index (κ2) is 7.57. The van der Waals surface area contributed by atoms with Gasteiger partial charge in [0.15, 0.2) is 19.7 Å². The molecule has 3 rings (SSSR count). The summed E-state index contributed by atoms with van der Waals surface area (Å²) in [6.45, 7) is 2.10. The van der Waals surface area contributed by atoms with E-state index in [2.05, 4.69) is 10.3 Å². The molecule has 146 valence electrons. The van der Waals surface area contributed by atoms with Crippen molar-refractivity contribution in [3.05, 3.63) is 53.9 Å². The summed E-state index contributed by atoms with van der Waals surface area (Å²) in [6, 6.07) is 7.52. The molecule has 0 saturated carbocycles. The maximum Gasteiger partial charge on any atom is 0.183 e. The second-order valence-corrected chi connectivity index (χ2v) is 11.0. The Labute approximate surface area is 159 Å². The van der Waals surface area contributed by atoms with Gasteiger partial charge in [-0.25, -0.2) is 16.8 Å². The van der Waals surface area contributed by atoms with Crippen LogP contribution in [0.1, 0.15) is 11.1 Å². The van der Waals surface area contributed by atoms with Crippen molar-refractivity contribution in [2.75, 3.05) is 18.6 Å². The van der Waals surface area contributed by atoms with Gasteiger partial charge in [-0.1, -0.05) is 6.07 Å². The molecule has 1 saturated heterocycles. The molecule has 0 spiro atoms. The summed E-state index contributed by atoms with van der Waals surface area (Å²) in [7, 11) is -5.76. The highest BCUT2D eigenvalue weighted by atomic mass is 32.2. The van der Waals surface area contributed by atoms with Gasteiger partial charge in [-0.3, -0.25) is 4.98 Å². The number of methoxy groups -OCH3 is 1. The molecule has 1 aliphatic rings. The molecule has 2 heterocycles. The summed E-state index contributed by atoms with van der Waals surface area (Å²) in [5.74, 6) is -0.00327. The van der Waals surface area contributed by atoms with Crippen molar-refractivity contribution >= 4 is 19.7 Å². The Hall–Kier alpha value is -1.97. The van der Waals surface area contributed by atoms with E-state index in [9.17, 15) is 16.8 Å². The van der Waals surface area contributed by atoms with Crippen LogP contribution in [-0.2, 0) is 26.2 Å². The number of pyridine rings is 1. The van der Waals surface area contributed by atoms with Crippen LogP contribution < -0.4 is 10.1 Å². The van der Waals surface area contributed by atoms with Gasteiger partial charge in [-0.2, -0.15) is 0 Å². The Balaban J connectivity index is 1.88. The van der Waals surface area contributed by atoms with Crippen LogP contribution in [-0.4, -0.2) is 51.7 Å². The standard InChI is InChI=1S/C18H22N2O5S2/c1-13-8-15(5-6-17(13)25-2)27(23,24)18-12-26(21,22)11-16(18)20-10-14-4-3-7-19-9-14/h3-9,16,18,20H,10-12H2,1-2H3/t16-,18-/m0/s1. The van der Waals surface area contributed by atoms with Crippen LogP contribution in [0.5, 0.6) is 5.75 Å². The predicted octanol–water partition coefficient (Wildman–Crippen LogP) is 1.13. The van der Waals surface area contributed by atoms with Gasteiger partial charge in [0.05, 0.1) is 28.8 Å². The van der Waals surface area contributed by atoms with E-state index >= 15 is 0 Å². The van der Waals surface area contributed by atoms with Crippen molar-refractivity contribution in [1.82, 2.24) is 10.3 Å². The van der Waals surface area contributed by atoms with E-state index in [0.717, 1.165) is 5.56 Å². The molecule has 9 heteroatoms. The summed E-state index contributed by atoms with van der Waals surface area (Å²) in [5.41, 5.74) is 1.54. The molecule has 1 aromatic carbocycles. The number of hydrogen-bond acceptors (Lipinski definition) is 7. The number of aryl methyl sites for hydroxylation is 1. The quantitative estimate of drug-likeness (QED) is 0.761.